The van der Waals surface area contributed by atoms with Crippen LogP contribution >= 0.6 is 0 Å². The molecule has 1 unspecified atom stereocenters. The summed E-state index contributed by atoms with van der Waals surface area (Å²) in [6, 6.07) is 6.39. The molecule has 0 spiro atoms. The zero-order valence-electron chi connectivity index (χ0n) is 11.8. The Morgan fingerprint density at radius 1 is 1.26 bits per heavy atom. The van der Waals surface area contributed by atoms with Crippen LogP contribution in [0.4, 0.5) is 5.69 Å². The fraction of sp³-hybridized carbons (Fsp3) is 0.562. The molecule has 0 bridgehead atoms. The van der Waals surface area contributed by atoms with Gasteiger partial charge in [-0.1, -0.05) is 19.1 Å². The summed E-state index contributed by atoms with van der Waals surface area (Å²) in [5.74, 6) is 0.977. The van der Waals surface area contributed by atoms with Crippen molar-refractivity contribution in [2.75, 3.05) is 18.4 Å². The smallest absolute Gasteiger partial charge is 0.242 e. The maximum Gasteiger partial charge on any atom is 0.242 e. The van der Waals surface area contributed by atoms with Gasteiger partial charge in [-0.2, -0.15) is 0 Å². The maximum atomic E-state index is 12.3. The molecule has 2 heterocycles. The molecule has 1 aromatic rings. The first-order chi connectivity index (χ1) is 9.13. The number of likely N-dealkylation sites (tertiary alicyclic amines) is 1. The zero-order valence-corrected chi connectivity index (χ0v) is 11.8. The third kappa shape index (κ3) is 2.52. The Labute approximate surface area is 115 Å². The van der Waals surface area contributed by atoms with E-state index in [1.54, 1.807) is 0 Å². The second-order valence-electron chi connectivity index (χ2n) is 6.09. The number of anilines is 1. The quantitative estimate of drug-likeness (QED) is 0.839. The summed E-state index contributed by atoms with van der Waals surface area (Å²) < 4.78 is 0. The van der Waals surface area contributed by atoms with Gasteiger partial charge in [0.1, 0.15) is 0 Å². The van der Waals surface area contributed by atoms with Gasteiger partial charge in [0.05, 0.1) is 6.04 Å². The van der Waals surface area contributed by atoms with Crippen LogP contribution in [0.25, 0.3) is 0 Å². The Balaban J connectivity index is 1.78. The lowest BCUT2D eigenvalue weighted by molar-refractivity contribution is -0.122. The van der Waals surface area contributed by atoms with Crippen molar-refractivity contribution in [2.24, 2.45) is 5.92 Å². The van der Waals surface area contributed by atoms with Crippen LogP contribution in [0.5, 0.6) is 0 Å². The minimum atomic E-state index is 0.0303. The van der Waals surface area contributed by atoms with E-state index in [-0.39, 0.29) is 11.9 Å². The third-order valence-electron chi connectivity index (χ3n) is 4.50. The van der Waals surface area contributed by atoms with Crippen LogP contribution in [0.3, 0.4) is 0 Å². The van der Waals surface area contributed by atoms with Crippen molar-refractivity contribution in [3.63, 3.8) is 0 Å². The number of hydrogen-bond acceptors (Lipinski definition) is 2. The predicted molar refractivity (Wildman–Crippen MR) is 77.3 cm³/mol. The molecule has 1 atom stereocenters. The van der Waals surface area contributed by atoms with Crippen LogP contribution in [-0.2, 0) is 11.2 Å². The van der Waals surface area contributed by atoms with Crippen molar-refractivity contribution < 1.29 is 4.79 Å². The second-order valence-corrected chi connectivity index (χ2v) is 6.09. The summed E-state index contributed by atoms with van der Waals surface area (Å²) in [5, 5.41) is 3.08. The van der Waals surface area contributed by atoms with Gasteiger partial charge < -0.3 is 5.32 Å². The van der Waals surface area contributed by atoms with E-state index in [2.05, 4.69) is 42.3 Å². The van der Waals surface area contributed by atoms with E-state index < -0.39 is 0 Å². The first kappa shape index (κ1) is 12.7. The lowest BCUT2D eigenvalue weighted by atomic mass is 9.93. The van der Waals surface area contributed by atoms with E-state index in [1.807, 2.05) is 0 Å². The first-order valence-electron chi connectivity index (χ1n) is 7.28. The van der Waals surface area contributed by atoms with Crippen molar-refractivity contribution in [3.8, 4) is 0 Å². The Bertz CT molecular complexity index is 490. The zero-order chi connectivity index (χ0) is 13.4. The van der Waals surface area contributed by atoms with Gasteiger partial charge >= 0.3 is 0 Å². The average Bonchev–Trinajstić information content (AvgIpc) is 2.39. The number of hydrogen-bond donors (Lipinski definition) is 1. The Kier molecular flexibility index (Phi) is 3.31. The molecule has 1 amide bonds. The molecule has 0 saturated carbocycles. The second kappa shape index (κ2) is 4.97. The number of nitrogens with zero attached hydrogens (tertiary/aromatic N) is 1. The van der Waals surface area contributed by atoms with Crippen LogP contribution in [0.1, 0.15) is 30.9 Å². The Morgan fingerprint density at radius 2 is 2.00 bits per heavy atom. The van der Waals surface area contributed by atoms with Crippen LogP contribution < -0.4 is 5.32 Å². The molecular weight excluding hydrogens is 236 g/mol. The fourth-order valence-corrected chi connectivity index (χ4v) is 3.14. The van der Waals surface area contributed by atoms with Gasteiger partial charge in [0, 0.05) is 5.69 Å². The number of aryl methyl sites for hydroxylation is 1. The lowest BCUT2D eigenvalue weighted by Gasteiger charge is -2.38. The molecule has 3 nitrogen and oxygen atoms in total. The standard InChI is InChI=1S/C16H22N2O/c1-11-5-7-18(8-6-11)15-10-13-4-3-12(2)9-14(13)17-16(15)19/h3-4,9,11,15H,5-8,10H2,1-2H3,(H,17,19). The van der Waals surface area contributed by atoms with E-state index in [9.17, 15) is 4.79 Å². The summed E-state index contributed by atoms with van der Waals surface area (Å²) in [6.07, 6.45) is 3.28. The number of nitrogens with one attached hydrogen (secondary N) is 1. The van der Waals surface area contributed by atoms with Crippen molar-refractivity contribution in [2.45, 2.75) is 39.2 Å². The SMILES string of the molecule is Cc1ccc2c(c1)NC(=O)C(N1CCC(C)CC1)C2. The van der Waals surface area contributed by atoms with Crippen LogP contribution in [0.15, 0.2) is 18.2 Å². The summed E-state index contributed by atoms with van der Waals surface area (Å²) in [6.45, 7) is 6.47. The molecule has 1 saturated heterocycles. The number of carbonyl (C=O) groups is 1. The van der Waals surface area contributed by atoms with Crippen LogP contribution in [0, 0.1) is 12.8 Å². The lowest BCUT2D eigenvalue weighted by Crippen LogP contribution is -2.50. The predicted octanol–water partition coefficient (Wildman–Crippen LogP) is 2.59. The van der Waals surface area contributed by atoms with Crippen LogP contribution in [0.2, 0.25) is 0 Å². The number of piperidine rings is 1. The molecule has 0 radical (unpaired) electrons. The van der Waals surface area contributed by atoms with Gasteiger partial charge in [0.15, 0.2) is 0 Å². The van der Waals surface area contributed by atoms with Crippen molar-refractivity contribution >= 4 is 11.6 Å². The molecule has 102 valence electrons. The van der Waals surface area contributed by atoms with Crippen molar-refractivity contribution in [3.05, 3.63) is 29.3 Å². The maximum absolute atomic E-state index is 12.3. The number of fused-ring (bicyclic) bond motifs is 1. The van der Waals surface area contributed by atoms with E-state index in [0.29, 0.717) is 0 Å². The van der Waals surface area contributed by atoms with Gasteiger partial charge in [-0.15, -0.1) is 0 Å². The number of amides is 1. The van der Waals surface area contributed by atoms with E-state index in [1.165, 1.54) is 24.0 Å². The molecule has 1 N–H and O–H groups in total. The number of carbonyl (C=O) groups excluding carboxylic acids is 1. The van der Waals surface area contributed by atoms with E-state index >= 15 is 0 Å². The van der Waals surface area contributed by atoms with Gasteiger partial charge in [-0.05, 0) is 62.4 Å². The molecule has 2 aliphatic heterocycles. The highest BCUT2D eigenvalue weighted by Crippen LogP contribution is 2.28. The normalized spacial score (nSPS) is 24.9. The highest BCUT2D eigenvalue weighted by Gasteiger charge is 2.32. The molecule has 0 aromatic heterocycles. The number of rotatable bonds is 1. The first-order valence-corrected chi connectivity index (χ1v) is 7.28. The van der Waals surface area contributed by atoms with Gasteiger partial charge in [-0.3, -0.25) is 9.69 Å². The highest BCUT2D eigenvalue weighted by atomic mass is 16.2. The molecule has 3 rings (SSSR count). The summed E-state index contributed by atoms with van der Waals surface area (Å²) in [5.41, 5.74) is 3.48. The average molecular weight is 258 g/mol. The molecule has 1 aromatic carbocycles. The summed E-state index contributed by atoms with van der Waals surface area (Å²) >= 11 is 0. The highest BCUT2D eigenvalue weighted by molar-refractivity contribution is 5.98. The van der Waals surface area contributed by atoms with Gasteiger partial charge in [-0.25, -0.2) is 0 Å². The fourth-order valence-electron chi connectivity index (χ4n) is 3.14. The topological polar surface area (TPSA) is 32.3 Å². The molecule has 19 heavy (non-hydrogen) atoms. The Morgan fingerprint density at radius 3 is 2.74 bits per heavy atom. The molecule has 0 aliphatic carbocycles. The Hall–Kier alpha value is -1.35. The largest absolute Gasteiger partial charge is 0.324 e. The molecule has 3 heteroatoms. The van der Waals surface area contributed by atoms with Crippen molar-refractivity contribution in [1.82, 2.24) is 4.90 Å². The molecule has 2 aliphatic rings. The van der Waals surface area contributed by atoms with Gasteiger partial charge in [0.25, 0.3) is 0 Å². The minimum absolute atomic E-state index is 0.0303. The summed E-state index contributed by atoms with van der Waals surface area (Å²) in [7, 11) is 0. The minimum Gasteiger partial charge on any atom is -0.324 e. The van der Waals surface area contributed by atoms with E-state index in [4.69, 9.17) is 0 Å². The third-order valence-corrected chi connectivity index (χ3v) is 4.50. The molecule has 1 fully saturated rings. The van der Waals surface area contributed by atoms with E-state index in [0.717, 1.165) is 31.1 Å². The van der Waals surface area contributed by atoms with Gasteiger partial charge in [0.2, 0.25) is 5.91 Å². The number of benzene rings is 1. The monoisotopic (exact) mass is 258 g/mol. The molecular formula is C16H22N2O. The summed E-state index contributed by atoms with van der Waals surface area (Å²) in [4.78, 5) is 14.7. The van der Waals surface area contributed by atoms with Crippen molar-refractivity contribution in [1.29, 1.82) is 0 Å². The van der Waals surface area contributed by atoms with Crippen LogP contribution in [-0.4, -0.2) is 29.9 Å².